The van der Waals surface area contributed by atoms with Crippen molar-refractivity contribution in [2.45, 2.75) is 19.9 Å². The van der Waals surface area contributed by atoms with Gasteiger partial charge in [0.1, 0.15) is 0 Å². The van der Waals surface area contributed by atoms with E-state index >= 15 is 0 Å². The molecular weight excluding hydrogens is 326 g/mol. The van der Waals surface area contributed by atoms with Gasteiger partial charge in [-0.2, -0.15) is 0 Å². The van der Waals surface area contributed by atoms with Crippen molar-refractivity contribution >= 4 is 15.9 Å². The Hall–Kier alpha value is -1.70. The van der Waals surface area contributed by atoms with Crippen LogP contribution < -0.4 is 5.32 Å². The first-order chi connectivity index (χ1) is 10.7. The molecule has 0 saturated carbocycles. The summed E-state index contributed by atoms with van der Waals surface area (Å²) in [7, 11) is -3.16. The molecule has 2 atom stereocenters. The molecule has 2 amide bonds. The summed E-state index contributed by atoms with van der Waals surface area (Å²) in [5.41, 5.74) is 0.0499. The number of halogens is 2. The number of sulfone groups is 1. The van der Waals surface area contributed by atoms with E-state index in [9.17, 15) is 22.0 Å². The van der Waals surface area contributed by atoms with E-state index in [1.165, 1.54) is 17.0 Å². The molecule has 8 heteroatoms. The normalized spacial score (nSPS) is 22.3. The molecule has 128 valence electrons. The van der Waals surface area contributed by atoms with Crippen LogP contribution in [0.25, 0.3) is 0 Å². The summed E-state index contributed by atoms with van der Waals surface area (Å²) in [4.78, 5) is 13.7. The Bertz CT molecular complexity index is 694. The maximum Gasteiger partial charge on any atom is 0.317 e. The molecule has 2 rings (SSSR count). The first-order valence-electron chi connectivity index (χ1n) is 7.39. The zero-order chi connectivity index (χ0) is 17.2. The highest BCUT2D eigenvalue weighted by Crippen LogP contribution is 2.19. The molecule has 1 aliphatic rings. The van der Waals surface area contributed by atoms with Crippen LogP contribution in [0.1, 0.15) is 25.5 Å². The van der Waals surface area contributed by atoms with Gasteiger partial charge in [-0.05, 0) is 18.9 Å². The number of urea groups is 1. The molecule has 0 spiro atoms. The lowest BCUT2D eigenvalue weighted by Crippen LogP contribution is -2.43. The smallest absolute Gasteiger partial charge is 0.317 e. The molecule has 1 aromatic rings. The number of benzene rings is 1. The fraction of sp³-hybridized carbons (Fsp3) is 0.533. The Morgan fingerprint density at radius 2 is 2.09 bits per heavy atom. The predicted molar refractivity (Wildman–Crippen MR) is 82.7 cm³/mol. The fourth-order valence-corrected chi connectivity index (χ4v) is 4.32. The molecule has 1 heterocycles. The Morgan fingerprint density at radius 3 is 2.78 bits per heavy atom. The van der Waals surface area contributed by atoms with Gasteiger partial charge in [-0.1, -0.05) is 19.1 Å². The molecular formula is C15H20F2N2O3S. The van der Waals surface area contributed by atoms with Gasteiger partial charge >= 0.3 is 6.03 Å². The van der Waals surface area contributed by atoms with Gasteiger partial charge in [-0.3, -0.25) is 0 Å². The average molecular weight is 346 g/mol. The minimum Gasteiger partial charge on any atom is -0.331 e. The predicted octanol–water partition coefficient (Wildman–Crippen LogP) is 2.10. The first kappa shape index (κ1) is 17.7. The van der Waals surface area contributed by atoms with Crippen molar-refractivity contribution < 1.29 is 22.0 Å². The van der Waals surface area contributed by atoms with Crippen molar-refractivity contribution in [2.75, 3.05) is 24.6 Å². The second-order valence-corrected chi connectivity index (χ2v) is 8.21. The Labute approximate surface area is 134 Å². The molecule has 0 aliphatic carbocycles. The molecule has 1 N–H and O–H groups in total. The van der Waals surface area contributed by atoms with Crippen LogP contribution in [0.15, 0.2) is 18.2 Å². The van der Waals surface area contributed by atoms with Gasteiger partial charge in [0.05, 0.1) is 17.5 Å². The van der Waals surface area contributed by atoms with Gasteiger partial charge < -0.3 is 10.2 Å². The van der Waals surface area contributed by atoms with Crippen molar-refractivity contribution in [2.24, 2.45) is 5.92 Å². The number of carbonyl (C=O) groups excluding carboxylic acids is 1. The minimum atomic E-state index is -3.16. The first-order valence-corrected chi connectivity index (χ1v) is 9.21. The van der Waals surface area contributed by atoms with Crippen LogP contribution in [0.3, 0.4) is 0 Å². The van der Waals surface area contributed by atoms with E-state index < -0.39 is 33.5 Å². The topological polar surface area (TPSA) is 66.5 Å². The number of rotatable bonds is 2. The van der Waals surface area contributed by atoms with Crippen molar-refractivity contribution in [1.82, 2.24) is 10.2 Å². The maximum absolute atomic E-state index is 13.8. The van der Waals surface area contributed by atoms with Crippen molar-refractivity contribution in [3.8, 4) is 0 Å². The van der Waals surface area contributed by atoms with Gasteiger partial charge in [-0.15, -0.1) is 0 Å². The van der Waals surface area contributed by atoms with Crippen LogP contribution >= 0.6 is 0 Å². The minimum absolute atomic E-state index is 0.0465. The quantitative estimate of drug-likeness (QED) is 0.892. The van der Waals surface area contributed by atoms with Gasteiger partial charge in [0.25, 0.3) is 0 Å². The Morgan fingerprint density at radius 1 is 1.39 bits per heavy atom. The van der Waals surface area contributed by atoms with E-state index in [1.54, 1.807) is 13.8 Å². The zero-order valence-corrected chi connectivity index (χ0v) is 13.9. The number of hydrogen-bond donors (Lipinski definition) is 1. The van der Waals surface area contributed by atoms with Crippen molar-refractivity contribution in [3.05, 3.63) is 35.4 Å². The Balaban J connectivity index is 2.07. The number of nitrogens with one attached hydrogen (secondary N) is 1. The second-order valence-electron chi connectivity index (χ2n) is 5.98. The summed E-state index contributed by atoms with van der Waals surface area (Å²) in [5.74, 6) is -2.18. The lowest BCUT2D eigenvalue weighted by molar-refractivity contribution is 0.192. The van der Waals surface area contributed by atoms with Gasteiger partial charge in [0.2, 0.25) is 0 Å². The van der Waals surface area contributed by atoms with E-state index in [4.69, 9.17) is 0 Å². The third-order valence-corrected chi connectivity index (χ3v) is 5.70. The summed E-state index contributed by atoms with van der Waals surface area (Å²) >= 11 is 0. The van der Waals surface area contributed by atoms with Gasteiger partial charge in [-0.25, -0.2) is 22.0 Å². The lowest BCUT2D eigenvalue weighted by atomic mass is 10.1. The summed E-state index contributed by atoms with van der Waals surface area (Å²) in [5, 5.41) is 2.60. The van der Waals surface area contributed by atoms with E-state index in [-0.39, 0.29) is 29.5 Å². The van der Waals surface area contributed by atoms with Gasteiger partial charge in [0.15, 0.2) is 21.5 Å². The van der Waals surface area contributed by atoms with Gasteiger partial charge in [0, 0.05) is 18.7 Å². The van der Waals surface area contributed by atoms with Crippen LogP contribution in [-0.2, 0) is 9.84 Å². The maximum atomic E-state index is 13.8. The molecule has 0 aromatic heterocycles. The molecule has 1 fully saturated rings. The number of carbonyl (C=O) groups is 1. The van der Waals surface area contributed by atoms with Crippen LogP contribution in [0.2, 0.25) is 0 Å². The molecule has 5 nitrogen and oxygen atoms in total. The molecule has 1 saturated heterocycles. The average Bonchev–Trinajstić information content (AvgIpc) is 2.58. The SMILES string of the molecule is C[C@@H]1CN(C(=O)N[C@@H](C)c2cccc(F)c2F)CCS(=O)(=O)C1. The lowest BCUT2D eigenvalue weighted by Gasteiger charge is -2.25. The number of nitrogens with zero attached hydrogens (tertiary/aromatic N) is 1. The summed E-state index contributed by atoms with van der Waals surface area (Å²) in [6.07, 6.45) is 0. The van der Waals surface area contributed by atoms with E-state index in [0.29, 0.717) is 6.54 Å². The summed E-state index contributed by atoms with van der Waals surface area (Å²) in [6.45, 7) is 3.72. The number of amides is 2. The third-order valence-electron chi connectivity index (χ3n) is 3.82. The van der Waals surface area contributed by atoms with Crippen molar-refractivity contribution in [1.29, 1.82) is 0 Å². The molecule has 1 aliphatic heterocycles. The highest BCUT2D eigenvalue weighted by atomic mass is 32.2. The zero-order valence-electron chi connectivity index (χ0n) is 13.1. The fourth-order valence-electron chi connectivity index (χ4n) is 2.68. The highest BCUT2D eigenvalue weighted by molar-refractivity contribution is 7.91. The summed E-state index contributed by atoms with van der Waals surface area (Å²) < 4.78 is 50.5. The molecule has 23 heavy (non-hydrogen) atoms. The monoisotopic (exact) mass is 346 g/mol. The van der Waals surface area contributed by atoms with Crippen LogP contribution in [0, 0.1) is 17.6 Å². The third kappa shape index (κ3) is 4.40. The summed E-state index contributed by atoms with van der Waals surface area (Å²) in [6, 6.07) is 2.57. The van der Waals surface area contributed by atoms with Crippen LogP contribution in [0.4, 0.5) is 13.6 Å². The largest absolute Gasteiger partial charge is 0.331 e. The van der Waals surface area contributed by atoms with Crippen LogP contribution in [-0.4, -0.2) is 43.9 Å². The molecule has 0 bridgehead atoms. The molecule has 0 unspecified atom stereocenters. The molecule has 1 aromatic carbocycles. The Kier molecular flexibility index (Phi) is 5.23. The van der Waals surface area contributed by atoms with E-state index in [2.05, 4.69) is 5.32 Å². The van der Waals surface area contributed by atoms with E-state index in [1.807, 2.05) is 0 Å². The van der Waals surface area contributed by atoms with Crippen LogP contribution in [0.5, 0.6) is 0 Å². The van der Waals surface area contributed by atoms with E-state index in [0.717, 1.165) is 6.07 Å². The standard InChI is InChI=1S/C15H20F2N2O3S/c1-10-8-19(6-7-23(21,22)9-10)15(20)18-11(2)12-4-3-5-13(16)14(12)17/h3-5,10-11H,6-9H2,1-2H3,(H,18,20)/t10-,11+/m1/s1. The van der Waals surface area contributed by atoms with Crippen molar-refractivity contribution in [3.63, 3.8) is 0 Å². The molecule has 0 radical (unpaired) electrons. The highest BCUT2D eigenvalue weighted by Gasteiger charge is 2.28. The number of hydrogen-bond acceptors (Lipinski definition) is 3. The second kappa shape index (κ2) is 6.82.